The standard InChI is InChI=1S/C20H20N2O4S/c1-12-4-6-15(7-5-12)20-22-21-18(26-20)11-27-17-9-13(2)16(8-14(17)3)25-10-19(23)24/h4-9H,10-11H2,1-3H3,(H,23,24). The van der Waals surface area contributed by atoms with Crippen LogP contribution in [0.4, 0.5) is 0 Å². The molecule has 0 unspecified atom stereocenters. The summed E-state index contributed by atoms with van der Waals surface area (Å²) >= 11 is 1.59. The summed E-state index contributed by atoms with van der Waals surface area (Å²) in [6.07, 6.45) is 0. The Morgan fingerprint density at radius 2 is 1.85 bits per heavy atom. The third-order valence-corrected chi connectivity index (χ3v) is 5.08. The average molecular weight is 384 g/mol. The van der Waals surface area contributed by atoms with Gasteiger partial charge in [0.15, 0.2) is 6.61 Å². The van der Waals surface area contributed by atoms with Crippen LogP contribution < -0.4 is 4.74 Å². The average Bonchev–Trinajstić information content (AvgIpc) is 3.10. The van der Waals surface area contributed by atoms with Gasteiger partial charge < -0.3 is 14.3 Å². The van der Waals surface area contributed by atoms with Gasteiger partial charge in [0.1, 0.15) is 5.75 Å². The fraction of sp³-hybridized carbons (Fsp3) is 0.250. The number of thioether (sulfide) groups is 1. The predicted octanol–water partition coefficient (Wildman–Crippen LogP) is 4.42. The maximum Gasteiger partial charge on any atom is 0.341 e. The quantitative estimate of drug-likeness (QED) is 0.604. The molecule has 0 bridgehead atoms. The zero-order valence-corrected chi connectivity index (χ0v) is 16.2. The largest absolute Gasteiger partial charge is 0.482 e. The van der Waals surface area contributed by atoms with E-state index in [-0.39, 0.29) is 6.61 Å². The number of aryl methyl sites for hydroxylation is 3. The Bertz CT molecular complexity index is 951. The molecule has 6 nitrogen and oxygen atoms in total. The van der Waals surface area contributed by atoms with Gasteiger partial charge in [-0.25, -0.2) is 4.79 Å². The summed E-state index contributed by atoms with van der Waals surface area (Å²) in [5, 5.41) is 17.0. The van der Waals surface area contributed by atoms with E-state index in [2.05, 4.69) is 10.2 Å². The van der Waals surface area contributed by atoms with E-state index in [1.807, 2.05) is 57.2 Å². The van der Waals surface area contributed by atoms with Crippen molar-refractivity contribution in [3.63, 3.8) is 0 Å². The van der Waals surface area contributed by atoms with Crippen molar-refractivity contribution in [1.29, 1.82) is 0 Å². The highest BCUT2D eigenvalue weighted by atomic mass is 32.2. The smallest absolute Gasteiger partial charge is 0.341 e. The summed E-state index contributed by atoms with van der Waals surface area (Å²) < 4.78 is 11.1. The molecule has 0 aliphatic rings. The summed E-state index contributed by atoms with van der Waals surface area (Å²) in [6, 6.07) is 11.8. The van der Waals surface area contributed by atoms with E-state index in [9.17, 15) is 4.79 Å². The fourth-order valence-electron chi connectivity index (χ4n) is 2.48. The molecule has 7 heteroatoms. The van der Waals surface area contributed by atoms with E-state index < -0.39 is 5.97 Å². The van der Waals surface area contributed by atoms with E-state index in [0.29, 0.717) is 23.3 Å². The molecule has 0 aliphatic heterocycles. The number of aliphatic carboxylic acids is 1. The molecule has 27 heavy (non-hydrogen) atoms. The molecule has 1 heterocycles. The number of carboxylic acids is 1. The summed E-state index contributed by atoms with van der Waals surface area (Å²) in [5.74, 6) is 1.20. The molecular formula is C20H20N2O4S. The van der Waals surface area contributed by atoms with E-state index >= 15 is 0 Å². The molecule has 3 aromatic rings. The number of ether oxygens (including phenoxy) is 1. The Kier molecular flexibility index (Phi) is 5.81. The Balaban J connectivity index is 1.67. The van der Waals surface area contributed by atoms with Crippen molar-refractivity contribution in [1.82, 2.24) is 10.2 Å². The predicted molar refractivity (Wildman–Crippen MR) is 103 cm³/mol. The van der Waals surface area contributed by atoms with Gasteiger partial charge in [0.05, 0.1) is 5.75 Å². The Labute approximate surface area is 161 Å². The number of carbonyl (C=O) groups is 1. The van der Waals surface area contributed by atoms with Crippen molar-refractivity contribution in [3.05, 3.63) is 59.0 Å². The van der Waals surface area contributed by atoms with Crippen LogP contribution in [0.1, 0.15) is 22.6 Å². The fourth-order valence-corrected chi connectivity index (χ4v) is 3.42. The van der Waals surface area contributed by atoms with Gasteiger partial charge in [-0.3, -0.25) is 0 Å². The Hall–Kier alpha value is -2.80. The number of hydrogen-bond donors (Lipinski definition) is 1. The van der Waals surface area contributed by atoms with Gasteiger partial charge in [-0.05, 0) is 56.2 Å². The maximum absolute atomic E-state index is 10.7. The van der Waals surface area contributed by atoms with Crippen LogP contribution in [0.5, 0.6) is 5.75 Å². The first-order chi connectivity index (χ1) is 12.9. The summed E-state index contributed by atoms with van der Waals surface area (Å²) in [4.78, 5) is 11.7. The van der Waals surface area contributed by atoms with Gasteiger partial charge in [-0.15, -0.1) is 22.0 Å². The molecule has 1 N–H and O–H groups in total. The molecule has 0 atom stereocenters. The Morgan fingerprint density at radius 3 is 2.56 bits per heavy atom. The number of rotatable bonds is 7. The zero-order valence-electron chi connectivity index (χ0n) is 15.4. The number of aromatic nitrogens is 2. The highest BCUT2D eigenvalue weighted by molar-refractivity contribution is 7.98. The molecule has 0 saturated carbocycles. The van der Waals surface area contributed by atoms with Crippen molar-refractivity contribution < 1.29 is 19.1 Å². The van der Waals surface area contributed by atoms with Crippen molar-refractivity contribution in [2.24, 2.45) is 0 Å². The molecule has 0 saturated heterocycles. The molecule has 0 aliphatic carbocycles. The monoisotopic (exact) mass is 384 g/mol. The molecule has 140 valence electrons. The Morgan fingerprint density at radius 1 is 1.11 bits per heavy atom. The van der Waals surface area contributed by atoms with E-state index in [0.717, 1.165) is 21.6 Å². The van der Waals surface area contributed by atoms with Crippen LogP contribution in [0.3, 0.4) is 0 Å². The van der Waals surface area contributed by atoms with Crippen LogP contribution in [0, 0.1) is 20.8 Å². The van der Waals surface area contributed by atoms with Crippen LogP contribution in [-0.4, -0.2) is 27.9 Å². The zero-order chi connectivity index (χ0) is 19.4. The van der Waals surface area contributed by atoms with Gasteiger partial charge in [0.2, 0.25) is 11.8 Å². The highest BCUT2D eigenvalue weighted by Crippen LogP contribution is 2.32. The van der Waals surface area contributed by atoms with Gasteiger partial charge in [0.25, 0.3) is 0 Å². The SMILES string of the molecule is Cc1ccc(-c2nnc(CSc3cc(C)c(OCC(=O)O)cc3C)o2)cc1. The molecule has 0 spiro atoms. The minimum absolute atomic E-state index is 0.351. The first-order valence-electron chi connectivity index (χ1n) is 8.40. The van der Waals surface area contributed by atoms with Gasteiger partial charge in [-0.1, -0.05) is 17.7 Å². The number of benzene rings is 2. The lowest BCUT2D eigenvalue weighted by molar-refractivity contribution is -0.139. The van der Waals surface area contributed by atoms with Crippen LogP contribution in [0.25, 0.3) is 11.5 Å². The second-order valence-corrected chi connectivity index (χ2v) is 7.24. The normalized spacial score (nSPS) is 10.8. The van der Waals surface area contributed by atoms with Gasteiger partial charge in [-0.2, -0.15) is 0 Å². The van der Waals surface area contributed by atoms with Crippen LogP contribution in [0.15, 0.2) is 45.7 Å². The lowest BCUT2D eigenvalue weighted by atomic mass is 10.1. The minimum Gasteiger partial charge on any atom is -0.482 e. The first kappa shape index (κ1) is 19.0. The van der Waals surface area contributed by atoms with Crippen molar-refractivity contribution in [2.45, 2.75) is 31.4 Å². The molecule has 0 radical (unpaired) electrons. The van der Waals surface area contributed by atoms with Crippen LogP contribution in [-0.2, 0) is 10.5 Å². The number of carboxylic acid groups (broad SMARTS) is 1. The molecule has 1 aromatic heterocycles. The van der Waals surface area contributed by atoms with Gasteiger partial charge in [0, 0.05) is 10.5 Å². The molecule has 3 rings (SSSR count). The maximum atomic E-state index is 10.7. The van der Waals surface area contributed by atoms with E-state index in [4.69, 9.17) is 14.3 Å². The molecule has 0 amide bonds. The topological polar surface area (TPSA) is 85.5 Å². The van der Waals surface area contributed by atoms with Gasteiger partial charge >= 0.3 is 5.97 Å². The summed E-state index contributed by atoms with van der Waals surface area (Å²) in [5.41, 5.74) is 3.96. The lowest BCUT2D eigenvalue weighted by Crippen LogP contribution is -2.10. The summed E-state index contributed by atoms with van der Waals surface area (Å²) in [7, 11) is 0. The summed E-state index contributed by atoms with van der Waals surface area (Å²) in [6.45, 7) is 5.53. The molecule has 2 aromatic carbocycles. The third kappa shape index (κ3) is 4.89. The van der Waals surface area contributed by atoms with E-state index in [1.165, 1.54) is 5.56 Å². The number of nitrogens with zero attached hydrogens (tertiary/aromatic N) is 2. The molecular weight excluding hydrogens is 364 g/mol. The van der Waals surface area contributed by atoms with Crippen LogP contribution >= 0.6 is 11.8 Å². The van der Waals surface area contributed by atoms with Crippen molar-refractivity contribution >= 4 is 17.7 Å². The minimum atomic E-state index is -0.994. The molecule has 0 fully saturated rings. The second-order valence-electron chi connectivity index (χ2n) is 6.22. The lowest BCUT2D eigenvalue weighted by Gasteiger charge is -2.11. The highest BCUT2D eigenvalue weighted by Gasteiger charge is 2.12. The first-order valence-corrected chi connectivity index (χ1v) is 9.39. The van der Waals surface area contributed by atoms with E-state index in [1.54, 1.807) is 11.8 Å². The van der Waals surface area contributed by atoms with Crippen molar-refractivity contribution in [3.8, 4) is 17.2 Å². The van der Waals surface area contributed by atoms with Crippen molar-refractivity contribution in [2.75, 3.05) is 6.61 Å². The number of hydrogen-bond acceptors (Lipinski definition) is 6. The second kappa shape index (κ2) is 8.26. The third-order valence-electron chi connectivity index (χ3n) is 3.94. The van der Waals surface area contributed by atoms with Crippen LogP contribution in [0.2, 0.25) is 0 Å².